The van der Waals surface area contributed by atoms with Gasteiger partial charge in [0.2, 0.25) is 5.91 Å². The second-order valence-corrected chi connectivity index (χ2v) is 7.22. The van der Waals surface area contributed by atoms with Crippen molar-refractivity contribution in [1.82, 2.24) is 15.4 Å². The molecule has 1 saturated heterocycles. The van der Waals surface area contributed by atoms with E-state index < -0.39 is 5.91 Å². The van der Waals surface area contributed by atoms with E-state index in [4.69, 9.17) is 5.21 Å². The molecule has 26 heavy (non-hydrogen) atoms. The Hall–Kier alpha value is -2.73. The second-order valence-electron chi connectivity index (χ2n) is 7.22. The fourth-order valence-electron chi connectivity index (χ4n) is 4.22. The molecule has 1 aromatic heterocycles. The predicted molar refractivity (Wildman–Crippen MR) is 94.4 cm³/mol. The minimum atomic E-state index is -0.525. The summed E-state index contributed by atoms with van der Waals surface area (Å²) in [7, 11) is 0. The quantitative estimate of drug-likeness (QED) is 0.655. The van der Waals surface area contributed by atoms with Gasteiger partial charge in [0.25, 0.3) is 5.91 Å². The molecule has 0 saturated carbocycles. The van der Waals surface area contributed by atoms with Gasteiger partial charge in [0, 0.05) is 31.0 Å². The van der Waals surface area contributed by atoms with Crippen molar-refractivity contribution in [2.45, 2.75) is 32.2 Å². The Morgan fingerprint density at radius 2 is 2.15 bits per heavy atom. The molecular formula is C20H21N3O3. The Morgan fingerprint density at radius 1 is 1.27 bits per heavy atom. The van der Waals surface area contributed by atoms with Gasteiger partial charge in [0.1, 0.15) is 0 Å². The van der Waals surface area contributed by atoms with Gasteiger partial charge >= 0.3 is 0 Å². The smallest absolute Gasteiger partial charge is 0.274 e. The van der Waals surface area contributed by atoms with Gasteiger partial charge in [-0.1, -0.05) is 12.1 Å². The van der Waals surface area contributed by atoms with Crippen LogP contribution in [0.4, 0.5) is 0 Å². The largest absolute Gasteiger partial charge is 0.338 e. The average Bonchev–Trinajstić information content (AvgIpc) is 2.97. The number of aromatic nitrogens is 1. The van der Waals surface area contributed by atoms with Crippen LogP contribution in [-0.2, 0) is 24.2 Å². The van der Waals surface area contributed by atoms with Crippen LogP contribution in [0.1, 0.15) is 39.9 Å². The lowest BCUT2D eigenvalue weighted by atomic mass is 9.70. The van der Waals surface area contributed by atoms with E-state index in [1.54, 1.807) is 30.0 Å². The number of pyridine rings is 1. The molecule has 2 heterocycles. The molecule has 1 aromatic carbocycles. The van der Waals surface area contributed by atoms with Crippen molar-refractivity contribution in [3.05, 3.63) is 65.0 Å². The third kappa shape index (κ3) is 2.86. The zero-order valence-electron chi connectivity index (χ0n) is 14.4. The van der Waals surface area contributed by atoms with Gasteiger partial charge in [-0.05, 0) is 60.6 Å². The summed E-state index contributed by atoms with van der Waals surface area (Å²) in [5.74, 6) is -0.326. The number of hydrogen-bond donors (Lipinski definition) is 2. The zero-order valence-corrected chi connectivity index (χ0v) is 14.4. The molecule has 2 aromatic rings. The highest BCUT2D eigenvalue weighted by Crippen LogP contribution is 2.44. The van der Waals surface area contributed by atoms with Crippen LogP contribution in [0.25, 0.3) is 0 Å². The summed E-state index contributed by atoms with van der Waals surface area (Å²) in [5, 5.41) is 8.85. The van der Waals surface area contributed by atoms with Gasteiger partial charge in [0.05, 0.1) is 5.41 Å². The number of nitrogens with zero attached hydrogens (tertiary/aromatic N) is 2. The molecule has 2 N–H and O–H groups in total. The number of fused-ring (bicyclic) bond motifs is 1. The molecule has 1 fully saturated rings. The van der Waals surface area contributed by atoms with Gasteiger partial charge in [-0.3, -0.25) is 19.8 Å². The summed E-state index contributed by atoms with van der Waals surface area (Å²) in [6.45, 7) is 1.34. The highest BCUT2D eigenvalue weighted by atomic mass is 16.5. The first-order valence-corrected chi connectivity index (χ1v) is 8.86. The summed E-state index contributed by atoms with van der Waals surface area (Å²) in [6.07, 6.45) is 6.69. The third-order valence-corrected chi connectivity index (χ3v) is 5.67. The van der Waals surface area contributed by atoms with Crippen LogP contribution < -0.4 is 5.48 Å². The van der Waals surface area contributed by atoms with Crippen molar-refractivity contribution in [2.75, 3.05) is 6.54 Å². The number of carbonyl (C=O) groups is 2. The van der Waals surface area contributed by atoms with Gasteiger partial charge in [-0.2, -0.15) is 0 Å². The van der Waals surface area contributed by atoms with Crippen molar-refractivity contribution >= 4 is 11.8 Å². The van der Waals surface area contributed by atoms with E-state index in [0.29, 0.717) is 18.5 Å². The van der Waals surface area contributed by atoms with Gasteiger partial charge in [-0.25, -0.2) is 5.48 Å². The first-order chi connectivity index (χ1) is 12.6. The monoisotopic (exact) mass is 351 g/mol. The molecule has 0 bridgehead atoms. The van der Waals surface area contributed by atoms with E-state index in [1.807, 2.05) is 23.1 Å². The molecule has 1 aliphatic heterocycles. The van der Waals surface area contributed by atoms with E-state index in [2.05, 4.69) is 4.98 Å². The molecular weight excluding hydrogens is 330 g/mol. The lowest BCUT2D eigenvalue weighted by molar-refractivity contribution is -0.137. The first-order valence-electron chi connectivity index (χ1n) is 8.86. The van der Waals surface area contributed by atoms with Gasteiger partial charge in [0.15, 0.2) is 0 Å². The van der Waals surface area contributed by atoms with E-state index >= 15 is 0 Å². The minimum Gasteiger partial charge on any atom is -0.338 e. The van der Waals surface area contributed by atoms with Crippen molar-refractivity contribution in [3.8, 4) is 0 Å². The normalized spacial score (nSPS) is 21.7. The van der Waals surface area contributed by atoms with Gasteiger partial charge in [-0.15, -0.1) is 0 Å². The molecule has 1 aliphatic carbocycles. The van der Waals surface area contributed by atoms with E-state index in [1.165, 1.54) is 5.56 Å². The van der Waals surface area contributed by atoms with Crippen molar-refractivity contribution in [2.24, 2.45) is 5.41 Å². The van der Waals surface area contributed by atoms with Crippen LogP contribution >= 0.6 is 0 Å². The number of likely N-dealkylation sites (tertiary alicyclic amines) is 1. The topological polar surface area (TPSA) is 82.5 Å². The number of rotatable bonds is 3. The maximum absolute atomic E-state index is 13.2. The molecule has 1 spiro atoms. The molecule has 0 radical (unpaired) electrons. The fourth-order valence-corrected chi connectivity index (χ4v) is 4.22. The van der Waals surface area contributed by atoms with E-state index in [-0.39, 0.29) is 11.3 Å². The Kier molecular flexibility index (Phi) is 4.20. The summed E-state index contributed by atoms with van der Waals surface area (Å²) < 4.78 is 0. The molecule has 4 rings (SSSR count). The van der Waals surface area contributed by atoms with Crippen molar-refractivity contribution < 1.29 is 14.8 Å². The highest BCUT2D eigenvalue weighted by molar-refractivity contribution is 5.93. The maximum Gasteiger partial charge on any atom is 0.274 e. The number of benzene rings is 1. The maximum atomic E-state index is 13.2. The second kappa shape index (κ2) is 6.53. The summed E-state index contributed by atoms with van der Waals surface area (Å²) in [5.41, 5.74) is 4.98. The Balaban J connectivity index is 1.55. The number of hydroxylamine groups is 1. The van der Waals surface area contributed by atoms with Crippen LogP contribution in [0, 0.1) is 5.41 Å². The number of hydrogen-bond acceptors (Lipinski definition) is 4. The molecule has 2 aliphatic rings. The predicted octanol–water partition coefficient (Wildman–Crippen LogP) is 2.11. The van der Waals surface area contributed by atoms with Crippen LogP contribution in [0.2, 0.25) is 0 Å². The van der Waals surface area contributed by atoms with E-state index in [0.717, 1.165) is 36.9 Å². The number of amides is 2. The first kappa shape index (κ1) is 16.7. The number of carbonyl (C=O) groups excluding carboxylic acids is 2. The lowest BCUT2D eigenvalue weighted by Gasteiger charge is -2.33. The van der Waals surface area contributed by atoms with Crippen LogP contribution in [0.15, 0.2) is 42.7 Å². The Morgan fingerprint density at radius 3 is 2.92 bits per heavy atom. The zero-order chi connectivity index (χ0) is 18.1. The Labute approximate surface area is 151 Å². The lowest BCUT2D eigenvalue weighted by Crippen LogP contribution is -2.38. The molecule has 1 unspecified atom stereocenters. The van der Waals surface area contributed by atoms with E-state index in [9.17, 15) is 9.59 Å². The third-order valence-electron chi connectivity index (χ3n) is 5.67. The number of nitrogens with one attached hydrogen (secondary N) is 1. The minimum absolute atomic E-state index is 0.198. The van der Waals surface area contributed by atoms with Crippen molar-refractivity contribution in [3.63, 3.8) is 0 Å². The summed E-state index contributed by atoms with van der Waals surface area (Å²) in [4.78, 5) is 30.9. The summed E-state index contributed by atoms with van der Waals surface area (Å²) >= 11 is 0. The molecule has 2 amide bonds. The standard InChI is InChI=1S/C20H21N3O3/c24-18(22-26)16-4-3-15-5-6-20(11-17(15)10-16)7-9-23(19(20)25)13-14-2-1-8-21-12-14/h1-4,8,10,12,26H,5-7,9,11,13H2,(H,22,24). The molecule has 1 atom stereocenters. The van der Waals surface area contributed by atoms with Crippen LogP contribution in [-0.4, -0.2) is 33.5 Å². The van der Waals surface area contributed by atoms with Crippen LogP contribution in [0.3, 0.4) is 0 Å². The van der Waals surface area contributed by atoms with Crippen LogP contribution in [0.5, 0.6) is 0 Å². The average molecular weight is 351 g/mol. The molecule has 6 nitrogen and oxygen atoms in total. The fraction of sp³-hybridized carbons (Fsp3) is 0.350. The molecule has 6 heteroatoms. The van der Waals surface area contributed by atoms with Gasteiger partial charge < -0.3 is 4.90 Å². The highest BCUT2D eigenvalue weighted by Gasteiger charge is 2.48. The SMILES string of the molecule is O=C(NO)c1ccc2c(c1)CC1(CC2)CCN(Cc2cccnc2)C1=O. The summed E-state index contributed by atoms with van der Waals surface area (Å²) in [6, 6.07) is 9.32. The number of aryl methyl sites for hydroxylation is 1. The Bertz CT molecular complexity index is 853. The molecule has 134 valence electrons. The van der Waals surface area contributed by atoms with Crippen molar-refractivity contribution in [1.29, 1.82) is 0 Å².